The Hall–Kier alpha value is -2.16. The van der Waals surface area contributed by atoms with E-state index in [1.54, 1.807) is 6.20 Å². The van der Waals surface area contributed by atoms with Gasteiger partial charge in [0.25, 0.3) is 5.91 Å². The predicted octanol–water partition coefficient (Wildman–Crippen LogP) is 3.14. The molecule has 1 heterocycles. The number of rotatable bonds is 4. The van der Waals surface area contributed by atoms with Crippen molar-refractivity contribution in [3.8, 4) is 0 Å². The Labute approximate surface area is 113 Å². The summed E-state index contributed by atoms with van der Waals surface area (Å²) in [5.41, 5.74) is 2.73. The fraction of sp³-hybridized carbons (Fsp3) is 0.250. The van der Waals surface area contributed by atoms with Gasteiger partial charge in [-0.05, 0) is 35.7 Å². The van der Waals surface area contributed by atoms with Gasteiger partial charge in [-0.3, -0.25) is 9.78 Å². The molecule has 3 heteroatoms. The van der Waals surface area contributed by atoms with Gasteiger partial charge in [0.1, 0.15) is 0 Å². The van der Waals surface area contributed by atoms with Crippen LogP contribution in [0.2, 0.25) is 0 Å². The molecular weight excluding hydrogens is 236 g/mol. The summed E-state index contributed by atoms with van der Waals surface area (Å²) >= 11 is 0. The van der Waals surface area contributed by atoms with Gasteiger partial charge in [-0.1, -0.05) is 32.0 Å². The third kappa shape index (κ3) is 3.65. The molecular formula is C16H18N2O. The third-order valence-corrected chi connectivity index (χ3v) is 2.97. The number of amides is 1. The largest absolute Gasteiger partial charge is 0.346 e. The highest BCUT2D eigenvalue weighted by molar-refractivity contribution is 5.94. The van der Waals surface area contributed by atoms with E-state index in [-0.39, 0.29) is 5.91 Å². The van der Waals surface area contributed by atoms with Crippen molar-refractivity contribution < 1.29 is 4.79 Å². The van der Waals surface area contributed by atoms with Crippen LogP contribution in [0.4, 0.5) is 0 Å². The number of benzene rings is 1. The number of hydrogen-bond donors (Lipinski definition) is 1. The summed E-state index contributed by atoms with van der Waals surface area (Å²) in [5, 5.41) is 2.88. The zero-order valence-corrected chi connectivity index (χ0v) is 11.3. The number of pyridine rings is 1. The number of carbonyl (C=O) groups excluding carboxylic acids is 1. The first kappa shape index (κ1) is 13.3. The number of nitrogens with zero attached hydrogens (tertiary/aromatic N) is 1. The summed E-state index contributed by atoms with van der Waals surface area (Å²) in [6, 6.07) is 13.4. The quantitative estimate of drug-likeness (QED) is 0.910. The lowest BCUT2D eigenvalue weighted by Crippen LogP contribution is -2.23. The van der Waals surface area contributed by atoms with Crippen LogP contribution in [-0.2, 0) is 6.54 Å². The molecule has 0 radical (unpaired) electrons. The molecule has 0 bridgehead atoms. The van der Waals surface area contributed by atoms with Gasteiger partial charge in [0.2, 0.25) is 0 Å². The molecule has 0 saturated carbocycles. The molecule has 0 aliphatic heterocycles. The normalized spacial score (nSPS) is 10.5. The summed E-state index contributed by atoms with van der Waals surface area (Å²) < 4.78 is 0. The second-order valence-corrected chi connectivity index (χ2v) is 4.78. The fourth-order valence-electron chi connectivity index (χ4n) is 1.81. The van der Waals surface area contributed by atoms with E-state index in [2.05, 4.69) is 24.1 Å². The lowest BCUT2D eigenvalue weighted by Gasteiger charge is -2.08. The van der Waals surface area contributed by atoms with Crippen molar-refractivity contribution >= 4 is 5.91 Å². The Morgan fingerprint density at radius 3 is 2.74 bits per heavy atom. The van der Waals surface area contributed by atoms with E-state index in [4.69, 9.17) is 0 Å². The molecule has 1 N–H and O–H groups in total. The second-order valence-electron chi connectivity index (χ2n) is 4.78. The van der Waals surface area contributed by atoms with Crippen LogP contribution < -0.4 is 5.32 Å². The Bertz CT molecular complexity index is 550. The lowest BCUT2D eigenvalue weighted by atomic mass is 10.0. The van der Waals surface area contributed by atoms with Crippen LogP contribution in [0.3, 0.4) is 0 Å². The van der Waals surface area contributed by atoms with Gasteiger partial charge in [-0.25, -0.2) is 0 Å². The highest BCUT2D eigenvalue weighted by Crippen LogP contribution is 2.15. The fourth-order valence-corrected chi connectivity index (χ4v) is 1.81. The monoisotopic (exact) mass is 254 g/mol. The SMILES string of the molecule is CC(C)c1cccc(C(=O)NCc2ccccn2)c1. The maximum absolute atomic E-state index is 12.1. The average Bonchev–Trinajstić information content (AvgIpc) is 2.46. The maximum atomic E-state index is 12.1. The summed E-state index contributed by atoms with van der Waals surface area (Å²) in [4.78, 5) is 16.2. The molecule has 0 aliphatic rings. The molecule has 2 aromatic rings. The smallest absolute Gasteiger partial charge is 0.251 e. The molecule has 0 fully saturated rings. The first-order valence-electron chi connectivity index (χ1n) is 6.45. The van der Waals surface area contributed by atoms with Gasteiger partial charge < -0.3 is 5.32 Å². The minimum Gasteiger partial charge on any atom is -0.346 e. The number of nitrogens with one attached hydrogen (secondary N) is 1. The van der Waals surface area contributed by atoms with Crippen LogP contribution >= 0.6 is 0 Å². The van der Waals surface area contributed by atoms with E-state index in [1.165, 1.54) is 5.56 Å². The Morgan fingerprint density at radius 2 is 2.05 bits per heavy atom. The van der Waals surface area contributed by atoms with Crippen LogP contribution in [0.15, 0.2) is 48.7 Å². The van der Waals surface area contributed by atoms with Gasteiger partial charge in [0, 0.05) is 11.8 Å². The van der Waals surface area contributed by atoms with Gasteiger partial charge >= 0.3 is 0 Å². The second kappa shape index (κ2) is 6.14. The van der Waals surface area contributed by atoms with Crippen molar-refractivity contribution in [3.05, 3.63) is 65.5 Å². The Balaban J connectivity index is 2.02. The first-order valence-corrected chi connectivity index (χ1v) is 6.45. The zero-order chi connectivity index (χ0) is 13.7. The number of hydrogen-bond acceptors (Lipinski definition) is 2. The number of aromatic nitrogens is 1. The van der Waals surface area contributed by atoms with Crippen molar-refractivity contribution in [1.82, 2.24) is 10.3 Å². The van der Waals surface area contributed by atoms with Crippen LogP contribution in [0.1, 0.15) is 41.4 Å². The first-order chi connectivity index (χ1) is 9.16. The molecule has 19 heavy (non-hydrogen) atoms. The van der Waals surface area contributed by atoms with Crippen molar-refractivity contribution in [2.45, 2.75) is 26.3 Å². The Morgan fingerprint density at radius 1 is 1.21 bits per heavy atom. The van der Waals surface area contributed by atoms with Crippen molar-refractivity contribution in [3.63, 3.8) is 0 Å². The van der Waals surface area contributed by atoms with Crippen molar-refractivity contribution in [1.29, 1.82) is 0 Å². The standard InChI is InChI=1S/C16H18N2O/c1-12(2)13-6-5-7-14(10-13)16(19)18-11-15-8-3-4-9-17-15/h3-10,12H,11H2,1-2H3,(H,18,19). The highest BCUT2D eigenvalue weighted by atomic mass is 16.1. The van der Waals surface area contributed by atoms with E-state index < -0.39 is 0 Å². The highest BCUT2D eigenvalue weighted by Gasteiger charge is 2.07. The molecule has 98 valence electrons. The van der Waals surface area contributed by atoms with Crippen molar-refractivity contribution in [2.24, 2.45) is 0 Å². The van der Waals surface area contributed by atoms with Crippen molar-refractivity contribution in [2.75, 3.05) is 0 Å². The molecule has 2 rings (SSSR count). The summed E-state index contributed by atoms with van der Waals surface area (Å²) in [6.45, 7) is 4.68. The minimum absolute atomic E-state index is 0.0619. The van der Waals surface area contributed by atoms with Crippen LogP contribution in [0.5, 0.6) is 0 Å². The third-order valence-electron chi connectivity index (χ3n) is 2.97. The maximum Gasteiger partial charge on any atom is 0.251 e. The topological polar surface area (TPSA) is 42.0 Å². The lowest BCUT2D eigenvalue weighted by molar-refractivity contribution is 0.0950. The van der Waals surface area contributed by atoms with E-state index in [0.29, 0.717) is 18.0 Å². The molecule has 1 amide bonds. The van der Waals surface area contributed by atoms with E-state index in [0.717, 1.165) is 5.69 Å². The molecule has 1 aromatic carbocycles. The molecule has 1 aromatic heterocycles. The molecule has 3 nitrogen and oxygen atoms in total. The van der Waals surface area contributed by atoms with Gasteiger partial charge in [-0.2, -0.15) is 0 Å². The van der Waals surface area contributed by atoms with Crippen LogP contribution in [-0.4, -0.2) is 10.9 Å². The zero-order valence-electron chi connectivity index (χ0n) is 11.3. The minimum atomic E-state index is -0.0619. The summed E-state index contributed by atoms with van der Waals surface area (Å²) in [7, 11) is 0. The summed E-state index contributed by atoms with van der Waals surface area (Å²) in [6.07, 6.45) is 1.72. The van der Waals surface area contributed by atoms with Gasteiger partial charge in [0.05, 0.1) is 12.2 Å². The molecule has 0 saturated heterocycles. The average molecular weight is 254 g/mol. The van der Waals surface area contributed by atoms with E-state index in [9.17, 15) is 4.79 Å². The molecule has 0 unspecified atom stereocenters. The van der Waals surface area contributed by atoms with Crippen LogP contribution in [0.25, 0.3) is 0 Å². The molecule has 0 spiro atoms. The molecule has 0 aliphatic carbocycles. The van der Waals surface area contributed by atoms with E-state index >= 15 is 0 Å². The van der Waals surface area contributed by atoms with Crippen LogP contribution in [0, 0.1) is 0 Å². The predicted molar refractivity (Wildman–Crippen MR) is 75.9 cm³/mol. The Kier molecular flexibility index (Phi) is 4.29. The molecule has 0 atom stereocenters. The number of carbonyl (C=O) groups is 1. The van der Waals surface area contributed by atoms with Gasteiger partial charge in [-0.15, -0.1) is 0 Å². The summed E-state index contributed by atoms with van der Waals surface area (Å²) in [5.74, 6) is 0.358. The van der Waals surface area contributed by atoms with Gasteiger partial charge in [0.15, 0.2) is 0 Å². The van der Waals surface area contributed by atoms with E-state index in [1.807, 2.05) is 42.5 Å².